The van der Waals surface area contributed by atoms with E-state index in [1.807, 2.05) is 0 Å². The standard InChI is InChI=1S/4C2H5O.4Cs/c4*1-2-3;;;;/h4*2H2,1H3;;;;/q4*-1;4*+1. The zero-order chi connectivity index (χ0) is 10.8. The molecule has 0 aromatic rings. The van der Waals surface area contributed by atoms with Crippen molar-refractivity contribution >= 4 is 0 Å². The molecule has 8 heteroatoms. The van der Waals surface area contributed by atoms with Crippen molar-refractivity contribution in [3.05, 3.63) is 0 Å². The fraction of sp³-hybridized carbons (Fsp3) is 1.00. The van der Waals surface area contributed by atoms with Gasteiger partial charge in [-0.3, -0.25) is 0 Å². The van der Waals surface area contributed by atoms with E-state index < -0.39 is 0 Å². The Morgan fingerprint density at radius 1 is 0.438 bits per heavy atom. The molecule has 0 saturated carbocycles. The van der Waals surface area contributed by atoms with E-state index in [9.17, 15) is 0 Å². The molecular formula is C8H20Cs4O4. The van der Waals surface area contributed by atoms with E-state index in [0.29, 0.717) is 0 Å². The summed E-state index contributed by atoms with van der Waals surface area (Å²) in [4.78, 5) is 0. The van der Waals surface area contributed by atoms with E-state index in [1.54, 1.807) is 27.7 Å². The van der Waals surface area contributed by atoms with Gasteiger partial charge in [0.05, 0.1) is 0 Å². The maximum absolute atomic E-state index is 8.93. The molecule has 0 fully saturated rings. The van der Waals surface area contributed by atoms with Crippen molar-refractivity contribution in [3.8, 4) is 0 Å². The molecule has 0 saturated heterocycles. The van der Waals surface area contributed by atoms with Crippen LogP contribution in [0, 0.1) is 0 Å². The molecule has 0 aliphatic heterocycles. The Balaban J connectivity index is -0.00000000821. The summed E-state index contributed by atoms with van der Waals surface area (Å²) in [6.45, 7) is 6.28. The van der Waals surface area contributed by atoms with Gasteiger partial charge in [-0.05, 0) is 0 Å². The van der Waals surface area contributed by atoms with Crippen LogP contribution in [-0.4, -0.2) is 26.4 Å². The quantitative estimate of drug-likeness (QED) is 0.250. The third-order valence-electron chi connectivity index (χ3n) is 0. The second kappa shape index (κ2) is 77.2. The predicted molar refractivity (Wildman–Crippen MR) is 42.2 cm³/mol. The van der Waals surface area contributed by atoms with Gasteiger partial charge in [-0.15, -0.1) is 26.4 Å². The summed E-state index contributed by atoms with van der Waals surface area (Å²) in [5.41, 5.74) is 0. The maximum Gasteiger partial charge on any atom is 1.00 e. The minimum Gasteiger partial charge on any atom is -0.855 e. The zero-order valence-corrected chi connectivity index (χ0v) is 37.6. The topological polar surface area (TPSA) is 92.2 Å². The molecule has 4 nitrogen and oxygen atoms in total. The average Bonchev–Trinajstić information content (AvgIpc) is 1.92. The minimum absolute atomic E-state index is 0. The first kappa shape index (κ1) is 49.6. The first-order valence-electron chi connectivity index (χ1n) is 3.98. The molecule has 0 amide bonds. The summed E-state index contributed by atoms with van der Waals surface area (Å²) >= 11 is 0. The second-order valence-corrected chi connectivity index (χ2v) is 1.15. The third-order valence-corrected chi connectivity index (χ3v) is 0. The van der Waals surface area contributed by atoms with Crippen LogP contribution in [0.1, 0.15) is 27.7 Å². The summed E-state index contributed by atoms with van der Waals surface area (Å²) < 4.78 is 0. The Morgan fingerprint density at radius 2 is 0.438 bits per heavy atom. The van der Waals surface area contributed by atoms with Crippen LogP contribution in [0.5, 0.6) is 0 Å². The van der Waals surface area contributed by atoms with Gasteiger partial charge in [0.1, 0.15) is 0 Å². The second-order valence-electron chi connectivity index (χ2n) is 1.15. The van der Waals surface area contributed by atoms with Crippen molar-refractivity contribution in [2.75, 3.05) is 26.4 Å². The smallest absolute Gasteiger partial charge is 0.855 e. The van der Waals surface area contributed by atoms with Crippen LogP contribution in [0.3, 0.4) is 0 Å². The molecule has 0 aliphatic carbocycles. The Kier molecular flexibility index (Phi) is 239. The molecule has 0 rings (SSSR count). The number of hydrogen-bond acceptors (Lipinski definition) is 4. The van der Waals surface area contributed by atoms with Crippen LogP contribution < -0.4 is 296 Å². The van der Waals surface area contributed by atoms with Crippen molar-refractivity contribution in [2.24, 2.45) is 0 Å². The molecule has 0 bridgehead atoms. The van der Waals surface area contributed by atoms with Gasteiger partial charge in [0.2, 0.25) is 0 Å². The molecule has 0 N–H and O–H groups in total. The molecule has 0 aromatic heterocycles. The Morgan fingerprint density at radius 3 is 0.438 bits per heavy atom. The summed E-state index contributed by atoms with van der Waals surface area (Å²) in [6, 6.07) is 0. The molecule has 0 spiro atoms. The zero-order valence-electron chi connectivity index (χ0n) is 12.5. The van der Waals surface area contributed by atoms with E-state index in [-0.39, 0.29) is 302 Å². The number of rotatable bonds is 0. The molecular weight excluding hydrogens is 692 g/mol. The predicted octanol–water partition coefficient (Wildman–Crippen LogP) is -14.5. The number of hydrogen-bond donors (Lipinski definition) is 0. The Hall–Kier alpha value is 8.05. The molecule has 0 heterocycles. The minimum atomic E-state index is 0. The van der Waals surface area contributed by atoms with Crippen molar-refractivity contribution in [3.63, 3.8) is 0 Å². The summed E-state index contributed by atoms with van der Waals surface area (Å²) in [5, 5.41) is 35.7. The summed E-state index contributed by atoms with van der Waals surface area (Å²) in [5.74, 6) is 0. The van der Waals surface area contributed by atoms with Gasteiger partial charge >= 0.3 is 276 Å². The van der Waals surface area contributed by atoms with Crippen molar-refractivity contribution in [1.29, 1.82) is 0 Å². The maximum atomic E-state index is 8.93. The van der Waals surface area contributed by atoms with Crippen LogP contribution in [0.2, 0.25) is 0 Å². The first-order chi connectivity index (χ1) is 5.66. The van der Waals surface area contributed by atoms with Gasteiger partial charge in [0, 0.05) is 0 Å². The molecule has 0 radical (unpaired) electrons. The summed E-state index contributed by atoms with van der Waals surface area (Å²) in [6.07, 6.45) is 0. The normalized spacial score (nSPS) is 4.50. The fourth-order valence-corrected chi connectivity index (χ4v) is 0. The molecule has 16 heavy (non-hydrogen) atoms. The fourth-order valence-electron chi connectivity index (χ4n) is 0. The van der Waals surface area contributed by atoms with Crippen molar-refractivity contribution in [1.82, 2.24) is 0 Å². The van der Waals surface area contributed by atoms with Gasteiger partial charge < -0.3 is 20.4 Å². The monoisotopic (exact) mass is 712 g/mol. The van der Waals surface area contributed by atoms with Crippen LogP contribution in [0.15, 0.2) is 0 Å². The van der Waals surface area contributed by atoms with Crippen molar-refractivity contribution < 1.29 is 296 Å². The molecule has 0 aliphatic rings. The van der Waals surface area contributed by atoms with Gasteiger partial charge in [0.25, 0.3) is 0 Å². The molecule has 0 aromatic carbocycles. The van der Waals surface area contributed by atoms with E-state index >= 15 is 0 Å². The largest absolute Gasteiger partial charge is 1.00 e. The molecule has 0 unspecified atom stereocenters. The molecule has 80 valence electrons. The Bertz CT molecular complexity index is 32.0. The van der Waals surface area contributed by atoms with Gasteiger partial charge in [0.15, 0.2) is 0 Å². The van der Waals surface area contributed by atoms with Crippen LogP contribution in [0.4, 0.5) is 0 Å². The van der Waals surface area contributed by atoms with E-state index in [2.05, 4.69) is 0 Å². The van der Waals surface area contributed by atoms with Gasteiger partial charge in [-0.25, -0.2) is 0 Å². The van der Waals surface area contributed by atoms with Crippen molar-refractivity contribution in [2.45, 2.75) is 27.7 Å². The molecule has 0 atom stereocenters. The van der Waals surface area contributed by atoms with Crippen LogP contribution >= 0.6 is 0 Å². The summed E-state index contributed by atoms with van der Waals surface area (Å²) in [7, 11) is 0. The first-order valence-corrected chi connectivity index (χ1v) is 3.98. The van der Waals surface area contributed by atoms with Gasteiger partial charge in [-0.1, -0.05) is 27.7 Å². The third kappa shape index (κ3) is 151. The van der Waals surface area contributed by atoms with Gasteiger partial charge in [-0.2, -0.15) is 0 Å². The Labute approximate surface area is 337 Å². The van der Waals surface area contributed by atoms with E-state index in [1.165, 1.54) is 0 Å². The van der Waals surface area contributed by atoms with Crippen LogP contribution in [-0.2, 0) is 0 Å². The van der Waals surface area contributed by atoms with E-state index in [4.69, 9.17) is 20.4 Å². The van der Waals surface area contributed by atoms with Crippen LogP contribution in [0.25, 0.3) is 0 Å². The SMILES string of the molecule is CC[O-].CC[O-].CC[O-].CC[O-].[Cs+].[Cs+].[Cs+].[Cs+]. The van der Waals surface area contributed by atoms with E-state index in [0.717, 1.165) is 0 Å². The average molecular weight is 712 g/mol.